The summed E-state index contributed by atoms with van der Waals surface area (Å²) in [6.07, 6.45) is -0.828. The average Bonchev–Trinajstić information content (AvgIpc) is 2.60. The van der Waals surface area contributed by atoms with E-state index in [-0.39, 0.29) is 18.7 Å². The molecule has 0 aliphatic heterocycles. The van der Waals surface area contributed by atoms with Crippen LogP contribution in [0.5, 0.6) is 5.75 Å². The van der Waals surface area contributed by atoms with Gasteiger partial charge in [-0.25, -0.2) is 4.68 Å². The van der Waals surface area contributed by atoms with Crippen molar-refractivity contribution in [3.05, 3.63) is 69.6 Å². The molecule has 1 N–H and O–H groups in total. The highest BCUT2D eigenvalue weighted by molar-refractivity contribution is 5.83. The molecule has 0 spiro atoms. The van der Waals surface area contributed by atoms with E-state index in [2.05, 4.69) is 5.10 Å². The van der Waals surface area contributed by atoms with Crippen LogP contribution in [0.1, 0.15) is 16.8 Å². The van der Waals surface area contributed by atoms with E-state index in [0.717, 1.165) is 28.0 Å². The van der Waals surface area contributed by atoms with E-state index < -0.39 is 6.10 Å². The molecule has 3 rings (SSSR count). The Morgan fingerprint density at radius 3 is 2.60 bits per heavy atom. The van der Waals surface area contributed by atoms with Crippen molar-refractivity contribution in [3.63, 3.8) is 0 Å². The largest absolute Gasteiger partial charge is 0.491 e. The molecule has 0 aliphatic rings. The zero-order valence-corrected chi connectivity index (χ0v) is 14.7. The lowest BCUT2D eigenvalue weighted by molar-refractivity contribution is 0.0877. The van der Waals surface area contributed by atoms with Crippen LogP contribution >= 0.6 is 0 Å². The van der Waals surface area contributed by atoms with E-state index in [1.807, 2.05) is 57.2 Å². The summed E-state index contributed by atoms with van der Waals surface area (Å²) in [4.78, 5) is 12.5. The first-order valence-electron chi connectivity index (χ1n) is 8.30. The molecule has 0 fully saturated rings. The van der Waals surface area contributed by atoms with Crippen LogP contribution in [-0.2, 0) is 6.54 Å². The second-order valence-electron chi connectivity index (χ2n) is 6.35. The zero-order valence-electron chi connectivity index (χ0n) is 14.7. The third-order valence-electron chi connectivity index (χ3n) is 4.21. The normalized spacial score (nSPS) is 12.3. The minimum Gasteiger partial charge on any atom is -0.491 e. The van der Waals surface area contributed by atoms with Crippen LogP contribution in [0.2, 0.25) is 0 Å². The van der Waals surface area contributed by atoms with Gasteiger partial charge >= 0.3 is 0 Å². The van der Waals surface area contributed by atoms with Crippen LogP contribution in [0.3, 0.4) is 0 Å². The lowest BCUT2D eigenvalue weighted by atomic mass is 10.1. The van der Waals surface area contributed by atoms with Gasteiger partial charge in [-0.05, 0) is 44.0 Å². The average molecular weight is 338 g/mol. The predicted molar refractivity (Wildman–Crippen MR) is 98.2 cm³/mol. The van der Waals surface area contributed by atoms with Crippen molar-refractivity contribution in [2.24, 2.45) is 0 Å². The molecule has 0 saturated carbocycles. The van der Waals surface area contributed by atoms with Gasteiger partial charge in [0.25, 0.3) is 5.56 Å². The van der Waals surface area contributed by atoms with Crippen molar-refractivity contribution >= 4 is 10.8 Å². The SMILES string of the molecule is Cc1ccc(C)c(OCC(O)Cn2nc(C)c3ccccc3c2=O)c1. The zero-order chi connectivity index (χ0) is 18.0. The second-order valence-corrected chi connectivity index (χ2v) is 6.35. The molecule has 3 aromatic rings. The first-order chi connectivity index (χ1) is 12.0. The summed E-state index contributed by atoms with van der Waals surface area (Å²) in [6.45, 7) is 6.00. The van der Waals surface area contributed by atoms with Gasteiger partial charge in [0.15, 0.2) is 0 Å². The smallest absolute Gasteiger partial charge is 0.274 e. The highest BCUT2D eigenvalue weighted by Crippen LogP contribution is 2.19. The Kier molecular flexibility index (Phi) is 4.86. The molecule has 1 aromatic heterocycles. The van der Waals surface area contributed by atoms with Crippen molar-refractivity contribution in [1.82, 2.24) is 9.78 Å². The number of aromatic nitrogens is 2. The number of nitrogens with zero attached hydrogens (tertiary/aromatic N) is 2. The summed E-state index contributed by atoms with van der Waals surface area (Å²) in [6, 6.07) is 13.3. The third kappa shape index (κ3) is 3.72. The van der Waals surface area contributed by atoms with Gasteiger partial charge in [0, 0.05) is 5.39 Å². The van der Waals surface area contributed by atoms with E-state index in [9.17, 15) is 9.90 Å². The van der Waals surface area contributed by atoms with Gasteiger partial charge in [-0.15, -0.1) is 0 Å². The van der Waals surface area contributed by atoms with Crippen molar-refractivity contribution < 1.29 is 9.84 Å². The first kappa shape index (κ1) is 17.2. The number of benzene rings is 2. The standard InChI is InChI=1S/C20H22N2O3/c1-13-8-9-14(2)19(10-13)25-12-16(23)11-22-20(24)18-7-5-4-6-17(18)15(3)21-22/h4-10,16,23H,11-12H2,1-3H3. The van der Waals surface area contributed by atoms with Gasteiger partial charge in [-0.1, -0.05) is 30.3 Å². The summed E-state index contributed by atoms with van der Waals surface area (Å²) in [5, 5.41) is 16.0. The molecular weight excluding hydrogens is 316 g/mol. The summed E-state index contributed by atoms with van der Waals surface area (Å²) in [7, 11) is 0. The Bertz CT molecular complexity index is 963. The number of aliphatic hydroxyl groups excluding tert-OH is 1. The summed E-state index contributed by atoms with van der Waals surface area (Å²) < 4.78 is 7.03. The molecule has 5 heteroatoms. The van der Waals surface area contributed by atoms with E-state index >= 15 is 0 Å². The van der Waals surface area contributed by atoms with Gasteiger partial charge in [0.1, 0.15) is 18.5 Å². The van der Waals surface area contributed by atoms with E-state index in [4.69, 9.17) is 4.74 Å². The number of aryl methyl sites for hydroxylation is 3. The van der Waals surface area contributed by atoms with Gasteiger partial charge in [0.05, 0.1) is 17.6 Å². The van der Waals surface area contributed by atoms with E-state index in [0.29, 0.717) is 5.39 Å². The summed E-state index contributed by atoms with van der Waals surface area (Å²) in [5.74, 6) is 0.744. The summed E-state index contributed by atoms with van der Waals surface area (Å²) in [5.41, 5.74) is 2.66. The number of fused-ring (bicyclic) bond motifs is 1. The minimum absolute atomic E-state index is 0.0926. The lowest BCUT2D eigenvalue weighted by Gasteiger charge is -2.16. The topological polar surface area (TPSA) is 64.3 Å². The Labute approximate surface area is 146 Å². The molecule has 1 heterocycles. The van der Waals surface area contributed by atoms with Gasteiger partial charge in [-0.2, -0.15) is 5.10 Å². The van der Waals surface area contributed by atoms with Crippen LogP contribution in [0.15, 0.2) is 47.3 Å². The number of rotatable bonds is 5. The number of hydrogen-bond acceptors (Lipinski definition) is 4. The Balaban J connectivity index is 1.76. The second kappa shape index (κ2) is 7.07. The molecule has 0 bridgehead atoms. The molecule has 1 atom stereocenters. The van der Waals surface area contributed by atoms with Crippen LogP contribution in [0.4, 0.5) is 0 Å². The minimum atomic E-state index is -0.828. The monoisotopic (exact) mass is 338 g/mol. The van der Waals surface area contributed by atoms with Crippen molar-refractivity contribution in [2.45, 2.75) is 33.4 Å². The van der Waals surface area contributed by atoms with Crippen LogP contribution < -0.4 is 10.3 Å². The Hall–Kier alpha value is -2.66. The fourth-order valence-corrected chi connectivity index (χ4v) is 2.83. The molecule has 0 amide bonds. The van der Waals surface area contributed by atoms with Crippen LogP contribution in [0.25, 0.3) is 10.8 Å². The third-order valence-corrected chi connectivity index (χ3v) is 4.21. The number of hydrogen-bond donors (Lipinski definition) is 1. The maximum absolute atomic E-state index is 12.5. The van der Waals surface area contributed by atoms with Crippen molar-refractivity contribution in [2.75, 3.05) is 6.61 Å². The quantitative estimate of drug-likeness (QED) is 0.777. The fraction of sp³-hybridized carbons (Fsp3) is 0.300. The molecule has 0 aliphatic carbocycles. The van der Waals surface area contributed by atoms with Crippen molar-refractivity contribution in [1.29, 1.82) is 0 Å². The molecule has 0 radical (unpaired) electrons. The molecule has 0 saturated heterocycles. The molecule has 5 nitrogen and oxygen atoms in total. The van der Waals surface area contributed by atoms with Gasteiger partial charge in [-0.3, -0.25) is 4.79 Å². The highest BCUT2D eigenvalue weighted by Gasteiger charge is 2.13. The van der Waals surface area contributed by atoms with Crippen LogP contribution in [-0.4, -0.2) is 27.6 Å². The molecular formula is C20H22N2O3. The predicted octanol–water partition coefficient (Wildman–Crippen LogP) is 2.76. The number of ether oxygens (including phenoxy) is 1. The highest BCUT2D eigenvalue weighted by atomic mass is 16.5. The fourth-order valence-electron chi connectivity index (χ4n) is 2.83. The Morgan fingerprint density at radius 1 is 1.12 bits per heavy atom. The maximum Gasteiger partial charge on any atom is 0.274 e. The number of aliphatic hydroxyl groups is 1. The molecule has 130 valence electrons. The summed E-state index contributed by atoms with van der Waals surface area (Å²) >= 11 is 0. The molecule has 25 heavy (non-hydrogen) atoms. The molecule has 2 aromatic carbocycles. The van der Waals surface area contributed by atoms with E-state index in [1.54, 1.807) is 6.07 Å². The lowest BCUT2D eigenvalue weighted by Crippen LogP contribution is -2.32. The van der Waals surface area contributed by atoms with Gasteiger partial charge < -0.3 is 9.84 Å². The van der Waals surface area contributed by atoms with E-state index in [1.165, 1.54) is 4.68 Å². The van der Waals surface area contributed by atoms with Crippen LogP contribution in [0, 0.1) is 20.8 Å². The Morgan fingerprint density at radius 2 is 1.84 bits per heavy atom. The molecule has 1 unspecified atom stereocenters. The maximum atomic E-state index is 12.5. The first-order valence-corrected chi connectivity index (χ1v) is 8.30. The van der Waals surface area contributed by atoms with Crippen molar-refractivity contribution in [3.8, 4) is 5.75 Å². The van der Waals surface area contributed by atoms with Gasteiger partial charge in [0.2, 0.25) is 0 Å².